The number of amides is 2. The summed E-state index contributed by atoms with van der Waals surface area (Å²) in [6.45, 7) is 1.52. The molecule has 2 aliphatic rings. The summed E-state index contributed by atoms with van der Waals surface area (Å²) in [5.41, 5.74) is 1.86. The maximum atomic E-state index is 12.6. The lowest BCUT2D eigenvalue weighted by molar-refractivity contribution is -0.145. The van der Waals surface area contributed by atoms with Crippen LogP contribution in [-0.4, -0.2) is 54.7 Å². The highest BCUT2D eigenvalue weighted by Gasteiger charge is 2.54. The molecule has 1 aliphatic heterocycles. The fourth-order valence-corrected chi connectivity index (χ4v) is 3.78. The van der Waals surface area contributed by atoms with Gasteiger partial charge in [-0.2, -0.15) is 0 Å². The molecular weight excluding hydrogens is 322 g/mol. The molecule has 3 rings (SSSR count). The van der Waals surface area contributed by atoms with Crippen LogP contribution in [0.5, 0.6) is 5.75 Å². The van der Waals surface area contributed by atoms with E-state index in [0.717, 1.165) is 25.1 Å². The Morgan fingerprint density at radius 2 is 2.00 bits per heavy atom. The quantitative estimate of drug-likeness (QED) is 0.402. The Kier molecular flexibility index (Phi) is 5.24. The number of nitrogens with one attached hydrogen (secondary N) is 2. The minimum atomic E-state index is -0.574. The summed E-state index contributed by atoms with van der Waals surface area (Å²) < 4.78 is 5.56. The molecular formula is C18H25N3O4. The van der Waals surface area contributed by atoms with Gasteiger partial charge in [-0.1, -0.05) is 18.2 Å². The van der Waals surface area contributed by atoms with Gasteiger partial charge in [0.2, 0.25) is 11.8 Å². The Balaban J connectivity index is 1.54. The van der Waals surface area contributed by atoms with Crippen molar-refractivity contribution in [1.29, 1.82) is 0 Å². The number of rotatable bonds is 6. The SMILES string of the molecule is CN1CC2(CC2)CC(C(=O)NO)C1C(=O)NCCOc1ccccc1. The van der Waals surface area contributed by atoms with Crippen molar-refractivity contribution in [2.45, 2.75) is 25.3 Å². The van der Waals surface area contributed by atoms with E-state index in [0.29, 0.717) is 19.6 Å². The molecule has 0 bridgehead atoms. The molecule has 2 amide bonds. The molecule has 25 heavy (non-hydrogen) atoms. The van der Waals surface area contributed by atoms with Gasteiger partial charge in [-0.05, 0) is 43.9 Å². The maximum absolute atomic E-state index is 12.6. The van der Waals surface area contributed by atoms with E-state index in [4.69, 9.17) is 9.94 Å². The van der Waals surface area contributed by atoms with Gasteiger partial charge in [0.25, 0.3) is 0 Å². The van der Waals surface area contributed by atoms with Crippen molar-refractivity contribution >= 4 is 11.8 Å². The summed E-state index contributed by atoms with van der Waals surface area (Å²) in [5.74, 6) is -0.484. The van der Waals surface area contributed by atoms with Crippen LogP contribution in [0.15, 0.2) is 30.3 Å². The number of benzene rings is 1. The lowest BCUT2D eigenvalue weighted by Gasteiger charge is -2.41. The summed E-state index contributed by atoms with van der Waals surface area (Å²) in [6.07, 6.45) is 2.79. The molecule has 3 N–H and O–H groups in total. The van der Waals surface area contributed by atoms with Crippen LogP contribution < -0.4 is 15.5 Å². The first kappa shape index (κ1) is 17.7. The van der Waals surface area contributed by atoms with E-state index in [9.17, 15) is 9.59 Å². The summed E-state index contributed by atoms with van der Waals surface area (Å²) >= 11 is 0. The molecule has 1 saturated carbocycles. The topological polar surface area (TPSA) is 90.9 Å². The van der Waals surface area contributed by atoms with Crippen molar-refractivity contribution in [3.05, 3.63) is 30.3 Å². The Hall–Kier alpha value is -2.12. The molecule has 7 nitrogen and oxygen atoms in total. The highest BCUT2D eigenvalue weighted by atomic mass is 16.5. The fraction of sp³-hybridized carbons (Fsp3) is 0.556. The van der Waals surface area contributed by atoms with Gasteiger partial charge in [-0.15, -0.1) is 0 Å². The van der Waals surface area contributed by atoms with Crippen LogP contribution in [0.1, 0.15) is 19.3 Å². The third-order valence-corrected chi connectivity index (χ3v) is 5.18. The van der Waals surface area contributed by atoms with Crippen LogP contribution >= 0.6 is 0 Å². The molecule has 1 aliphatic carbocycles. The molecule has 1 aromatic carbocycles. The van der Waals surface area contributed by atoms with Gasteiger partial charge in [0.15, 0.2) is 0 Å². The number of carbonyl (C=O) groups is 2. The fourth-order valence-electron chi connectivity index (χ4n) is 3.78. The number of hydrogen-bond acceptors (Lipinski definition) is 5. The van der Waals surface area contributed by atoms with E-state index in [1.165, 1.54) is 0 Å². The first-order chi connectivity index (χ1) is 12.0. The Morgan fingerprint density at radius 1 is 1.28 bits per heavy atom. The molecule has 0 aromatic heterocycles. The highest BCUT2D eigenvalue weighted by molar-refractivity contribution is 5.90. The van der Waals surface area contributed by atoms with Crippen molar-refractivity contribution in [3.8, 4) is 5.75 Å². The van der Waals surface area contributed by atoms with Crippen molar-refractivity contribution in [1.82, 2.24) is 15.7 Å². The smallest absolute Gasteiger partial charge is 0.248 e. The average Bonchev–Trinajstić information content (AvgIpc) is 3.36. The van der Waals surface area contributed by atoms with Gasteiger partial charge in [0.1, 0.15) is 18.4 Å². The van der Waals surface area contributed by atoms with Crippen molar-refractivity contribution in [2.75, 3.05) is 26.7 Å². The van der Waals surface area contributed by atoms with Crippen LogP contribution in [0, 0.1) is 11.3 Å². The predicted molar refractivity (Wildman–Crippen MR) is 91.1 cm³/mol. The predicted octanol–water partition coefficient (Wildman–Crippen LogP) is 0.788. The molecule has 2 fully saturated rings. The normalized spacial score (nSPS) is 24.6. The zero-order valence-corrected chi connectivity index (χ0v) is 14.4. The van der Waals surface area contributed by atoms with Crippen LogP contribution in [0.3, 0.4) is 0 Å². The first-order valence-electron chi connectivity index (χ1n) is 8.64. The first-order valence-corrected chi connectivity index (χ1v) is 8.64. The molecule has 1 saturated heterocycles. The number of para-hydroxylation sites is 1. The van der Waals surface area contributed by atoms with Crippen LogP contribution in [0.25, 0.3) is 0 Å². The standard InChI is InChI=1S/C18H25N3O4/c1-21-12-18(7-8-18)11-14(16(22)20-24)15(21)17(23)19-9-10-25-13-5-3-2-4-6-13/h2-6,14-15,24H,7-12H2,1H3,(H,19,23)(H,20,22). The molecule has 0 radical (unpaired) electrons. The lowest BCUT2D eigenvalue weighted by Crippen LogP contribution is -2.58. The number of hydroxylamine groups is 1. The Labute approximate surface area is 147 Å². The van der Waals surface area contributed by atoms with Crippen LogP contribution in [0.4, 0.5) is 0 Å². The summed E-state index contributed by atoms with van der Waals surface area (Å²) in [4.78, 5) is 26.6. The lowest BCUT2D eigenvalue weighted by atomic mass is 9.80. The molecule has 1 aromatic rings. The number of likely N-dealkylation sites (tertiary alicyclic amines) is 1. The molecule has 136 valence electrons. The number of piperidine rings is 1. The second-order valence-corrected chi connectivity index (χ2v) is 7.10. The van der Waals surface area contributed by atoms with Gasteiger partial charge >= 0.3 is 0 Å². The average molecular weight is 347 g/mol. The van der Waals surface area contributed by atoms with E-state index in [1.807, 2.05) is 42.3 Å². The maximum Gasteiger partial charge on any atom is 0.248 e. The van der Waals surface area contributed by atoms with Crippen LogP contribution in [0.2, 0.25) is 0 Å². The molecule has 2 atom stereocenters. The summed E-state index contributed by atoms with van der Waals surface area (Å²) in [6, 6.07) is 8.82. The van der Waals surface area contributed by atoms with Crippen molar-refractivity contribution in [3.63, 3.8) is 0 Å². The van der Waals surface area contributed by atoms with Crippen molar-refractivity contribution in [2.24, 2.45) is 11.3 Å². The highest BCUT2D eigenvalue weighted by Crippen LogP contribution is 2.54. The van der Waals surface area contributed by atoms with Gasteiger partial charge in [-0.3, -0.25) is 19.7 Å². The largest absolute Gasteiger partial charge is 0.492 e. The number of likely N-dealkylation sites (N-methyl/N-ethyl adjacent to an activating group) is 1. The minimum Gasteiger partial charge on any atom is -0.492 e. The molecule has 2 unspecified atom stereocenters. The zero-order valence-electron chi connectivity index (χ0n) is 14.4. The van der Waals surface area contributed by atoms with Gasteiger partial charge in [-0.25, -0.2) is 5.48 Å². The molecule has 7 heteroatoms. The third kappa shape index (κ3) is 4.11. The Morgan fingerprint density at radius 3 is 2.64 bits per heavy atom. The van der Waals surface area contributed by atoms with E-state index in [2.05, 4.69) is 5.32 Å². The molecule has 1 spiro atoms. The number of carbonyl (C=O) groups excluding carboxylic acids is 2. The number of ether oxygens (including phenoxy) is 1. The van der Waals surface area contributed by atoms with E-state index < -0.39 is 17.9 Å². The minimum absolute atomic E-state index is 0.138. The zero-order chi connectivity index (χ0) is 17.9. The second kappa shape index (κ2) is 7.41. The van der Waals surface area contributed by atoms with Crippen molar-refractivity contribution < 1.29 is 19.5 Å². The van der Waals surface area contributed by atoms with E-state index in [1.54, 1.807) is 5.48 Å². The van der Waals surface area contributed by atoms with E-state index in [-0.39, 0.29) is 11.3 Å². The van der Waals surface area contributed by atoms with Gasteiger partial charge in [0, 0.05) is 6.54 Å². The van der Waals surface area contributed by atoms with Crippen LogP contribution in [-0.2, 0) is 9.59 Å². The Bertz CT molecular complexity index is 618. The third-order valence-electron chi connectivity index (χ3n) is 5.18. The number of hydrogen-bond donors (Lipinski definition) is 3. The summed E-state index contributed by atoms with van der Waals surface area (Å²) in [7, 11) is 1.86. The van der Waals surface area contributed by atoms with E-state index >= 15 is 0 Å². The summed E-state index contributed by atoms with van der Waals surface area (Å²) in [5, 5.41) is 11.9. The monoisotopic (exact) mass is 347 g/mol. The van der Waals surface area contributed by atoms with Gasteiger partial charge in [0.05, 0.1) is 12.5 Å². The van der Waals surface area contributed by atoms with Gasteiger partial charge < -0.3 is 10.1 Å². The second-order valence-electron chi connectivity index (χ2n) is 7.10. The number of nitrogens with zero attached hydrogens (tertiary/aromatic N) is 1. The molecule has 1 heterocycles.